The van der Waals surface area contributed by atoms with E-state index in [4.69, 9.17) is 16.3 Å². The molecule has 0 spiro atoms. The number of hydrogen-bond donors (Lipinski definition) is 0. The monoisotopic (exact) mass is 332 g/mol. The van der Waals surface area contributed by atoms with Gasteiger partial charge in [-0.15, -0.1) is 22.9 Å². The fourth-order valence-corrected chi connectivity index (χ4v) is 2.60. The van der Waals surface area contributed by atoms with Crippen LogP contribution in [0.25, 0.3) is 0 Å². The van der Waals surface area contributed by atoms with E-state index in [1.54, 1.807) is 23.7 Å². The Kier molecular flexibility index (Phi) is 4.76. The summed E-state index contributed by atoms with van der Waals surface area (Å²) in [6.45, 7) is 0.591. The molecule has 0 radical (unpaired) electrons. The zero-order chi connectivity index (χ0) is 12.1. The zero-order valence-electron chi connectivity index (χ0n) is 8.90. The number of thiazole rings is 1. The van der Waals surface area contributed by atoms with Crippen molar-refractivity contribution in [2.75, 3.05) is 6.61 Å². The predicted octanol–water partition coefficient (Wildman–Crippen LogP) is 3.66. The van der Waals surface area contributed by atoms with Gasteiger partial charge < -0.3 is 4.74 Å². The van der Waals surface area contributed by atoms with Gasteiger partial charge in [0.1, 0.15) is 5.75 Å². The molecule has 0 N–H and O–H groups in total. The lowest BCUT2D eigenvalue weighted by atomic mass is 10.4. The van der Waals surface area contributed by atoms with Crippen molar-refractivity contribution in [1.82, 2.24) is 9.97 Å². The molecule has 0 amide bonds. The number of rotatable bonds is 5. The Balaban J connectivity index is 1.83. The van der Waals surface area contributed by atoms with E-state index in [-0.39, 0.29) is 0 Å². The average molecular weight is 334 g/mol. The van der Waals surface area contributed by atoms with E-state index in [9.17, 15) is 0 Å². The molecule has 0 aromatic carbocycles. The highest BCUT2D eigenvalue weighted by atomic mass is 79.9. The second-order valence-corrected chi connectivity index (χ2v) is 5.43. The topological polar surface area (TPSA) is 35.0 Å². The summed E-state index contributed by atoms with van der Waals surface area (Å²) in [6, 6.07) is 1.89. The second kappa shape index (κ2) is 6.33. The first-order valence-electron chi connectivity index (χ1n) is 5.00. The van der Waals surface area contributed by atoms with E-state index in [0.717, 1.165) is 27.3 Å². The number of halogens is 2. The normalized spacial score (nSPS) is 10.5. The fraction of sp³-hybridized carbons (Fsp3) is 0.273. The molecule has 0 aliphatic carbocycles. The summed E-state index contributed by atoms with van der Waals surface area (Å²) in [5, 5.41) is 3.02. The van der Waals surface area contributed by atoms with Gasteiger partial charge in [0.05, 0.1) is 29.4 Å². The van der Waals surface area contributed by atoms with Crippen LogP contribution >= 0.6 is 38.9 Å². The Bertz CT molecular complexity index is 492. The van der Waals surface area contributed by atoms with Crippen LogP contribution in [0, 0.1) is 0 Å². The van der Waals surface area contributed by atoms with Gasteiger partial charge in [0.15, 0.2) is 0 Å². The number of aromatic nitrogens is 2. The molecule has 90 valence electrons. The second-order valence-electron chi connectivity index (χ2n) is 3.30. The maximum absolute atomic E-state index is 5.69. The molecule has 6 heteroatoms. The van der Waals surface area contributed by atoms with Crippen LogP contribution < -0.4 is 4.74 Å². The molecule has 17 heavy (non-hydrogen) atoms. The summed E-state index contributed by atoms with van der Waals surface area (Å²) in [4.78, 5) is 8.38. The standard InChI is InChI=1S/C11H10BrClN2OS/c12-8-3-10(6-14-5-8)16-2-1-11-15-9(4-13)7-17-11/h3,5-7H,1-2,4H2. The SMILES string of the molecule is ClCc1csc(CCOc2cncc(Br)c2)n1. The lowest BCUT2D eigenvalue weighted by Gasteiger charge is -2.04. The average Bonchev–Trinajstić information content (AvgIpc) is 2.77. The molecule has 0 bridgehead atoms. The summed E-state index contributed by atoms with van der Waals surface area (Å²) in [5.74, 6) is 1.22. The highest BCUT2D eigenvalue weighted by Crippen LogP contribution is 2.17. The van der Waals surface area contributed by atoms with Crippen LogP contribution in [0.1, 0.15) is 10.7 Å². The van der Waals surface area contributed by atoms with Gasteiger partial charge in [-0.1, -0.05) is 0 Å². The number of ether oxygens (including phenoxy) is 1. The van der Waals surface area contributed by atoms with Crippen LogP contribution in [0.2, 0.25) is 0 Å². The molecule has 0 fully saturated rings. The zero-order valence-corrected chi connectivity index (χ0v) is 12.1. The van der Waals surface area contributed by atoms with Gasteiger partial charge in [-0.2, -0.15) is 0 Å². The minimum Gasteiger partial charge on any atom is -0.491 e. The highest BCUT2D eigenvalue weighted by molar-refractivity contribution is 9.10. The highest BCUT2D eigenvalue weighted by Gasteiger charge is 2.02. The fourth-order valence-electron chi connectivity index (χ4n) is 1.25. The van der Waals surface area contributed by atoms with Crippen molar-refractivity contribution in [2.45, 2.75) is 12.3 Å². The predicted molar refractivity (Wildman–Crippen MR) is 72.8 cm³/mol. The van der Waals surface area contributed by atoms with Crippen LogP contribution in [-0.2, 0) is 12.3 Å². The Hall–Kier alpha value is -0.650. The molecule has 2 rings (SSSR count). The van der Waals surface area contributed by atoms with Crippen LogP contribution in [0.5, 0.6) is 5.75 Å². The van der Waals surface area contributed by atoms with Crippen molar-refractivity contribution in [1.29, 1.82) is 0 Å². The molecule has 0 saturated heterocycles. The van der Waals surface area contributed by atoms with E-state index in [0.29, 0.717) is 12.5 Å². The van der Waals surface area contributed by atoms with Crippen LogP contribution in [0.3, 0.4) is 0 Å². The van der Waals surface area contributed by atoms with Gasteiger partial charge >= 0.3 is 0 Å². The Morgan fingerprint density at radius 2 is 2.29 bits per heavy atom. The number of pyridine rings is 1. The molecule has 2 heterocycles. The molecule has 0 aliphatic heterocycles. The molecule has 3 nitrogen and oxygen atoms in total. The van der Waals surface area contributed by atoms with Gasteiger partial charge in [-0.3, -0.25) is 4.98 Å². The van der Waals surface area contributed by atoms with Crippen molar-refractivity contribution >= 4 is 38.9 Å². The quantitative estimate of drug-likeness (QED) is 0.783. The van der Waals surface area contributed by atoms with Crippen LogP contribution in [0.4, 0.5) is 0 Å². The third-order valence-corrected chi connectivity index (χ3v) is 3.67. The maximum Gasteiger partial charge on any atom is 0.138 e. The molecule has 2 aromatic heterocycles. The van der Waals surface area contributed by atoms with Crippen molar-refractivity contribution < 1.29 is 4.74 Å². The molecule has 0 atom stereocenters. The van der Waals surface area contributed by atoms with E-state index >= 15 is 0 Å². The molecular formula is C11H10BrClN2OS. The lowest BCUT2D eigenvalue weighted by Crippen LogP contribution is -2.01. The number of nitrogens with zero attached hydrogens (tertiary/aromatic N) is 2. The van der Waals surface area contributed by atoms with Gasteiger partial charge in [0.25, 0.3) is 0 Å². The summed E-state index contributed by atoms with van der Waals surface area (Å²) >= 11 is 10.6. The van der Waals surface area contributed by atoms with Gasteiger partial charge in [-0.05, 0) is 22.0 Å². The molecule has 2 aromatic rings. The Morgan fingerprint density at radius 1 is 1.41 bits per heavy atom. The number of alkyl halides is 1. The summed E-state index contributed by atoms with van der Waals surface area (Å²) in [6.07, 6.45) is 4.20. The van der Waals surface area contributed by atoms with Crippen LogP contribution in [0.15, 0.2) is 28.3 Å². The third kappa shape index (κ3) is 3.94. The first kappa shape index (κ1) is 12.8. The summed E-state index contributed by atoms with van der Waals surface area (Å²) in [7, 11) is 0. The van der Waals surface area contributed by atoms with E-state index in [1.807, 2.05) is 11.4 Å². The van der Waals surface area contributed by atoms with Gasteiger partial charge in [0, 0.05) is 22.5 Å². The van der Waals surface area contributed by atoms with Crippen molar-refractivity contribution in [2.24, 2.45) is 0 Å². The van der Waals surface area contributed by atoms with Crippen molar-refractivity contribution in [3.8, 4) is 5.75 Å². The smallest absolute Gasteiger partial charge is 0.138 e. The molecule has 0 aliphatic rings. The molecular weight excluding hydrogens is 324 g/mol. The Morgan fingerprint density at radius 3 is 3.00 bits per heavy atom. The number of hydrogen-bond acceptors (Lipinski definition) is 4. The minimum absolute atomic E-state index is 0.465. The van der Waals surface area contributed by atoms with Crippen molar-refractivity contribution in [3.63, 3.8) is 0 Å². The minimum atomic E-state index is 0.465. The maximum atomic E-state index is 5.69. The third-order valence-electron chi connectivity index (χ3n) is 2.00. The van der Waals surface area contributed by atoms with Crippen LogP contribution in [-0.4, -0.2) is 16.6 Å². The van der Waals surface area contributed by atoms with E-state index in [2.05, 4.69) is 25.9 Å². The summed E-state index contributed by atoms with van der Waals surface area (Å²) in [5.41, 5.74) is 0.927. The first-order chi connectivity index (χ1) is 8.28. The van der Waals surface area contributed by atoms with E-state index in [1.165, 1.54) is 0 Å². The summed E-state index contributed by atoms with van der Waals surface area (Å²) < 4.78 is 6.49. The largest absolute Gasteiger partial charge is 0.491 e. The van der Waals surface area contributed by atoms with Gasteiger partial charge in [0.2, 0.25) is 0 Å². The lowest BCUT2D eigenvalue weighted by molar-refractivity contribution is 0.320. The van der Waals surface area contributed by atoms with Crippen molar-refractivity contribution in [3.05, 3.63) is 39.0 Å². The van der Waals surface area contributed by atoms with E-state index < -0.39 is 0 Å². The van der Waals surface area contributed by atoms with Gasteiger partial charge in [-0.25, -0.2) is 4.98 Å². The molecule has 0 unspecified atom stereocenters. The first-order valence-corrected chi connectivity index (χ1v) is 7.21. The Labute approximate surface area is 117 Å². The molecule has 0 saturated carbocycles.